The van der Waals surface area contributed by atoms with Crippen LogP contribution in [-0.2, 0) is 6.54 Å². The van der Waals surface area contributed by atoms with Gasteiger partial charge in [-0.1, -0.05) is 0 Å². The van der Waals surface area contributed by atoms with Gasteiger partial charge >= 0.3 is 0 Å². The fourth-order valence-corrected chi connectivity index (χ4v) is 1.54. The molecule has 0 aromatic carbocycles. The van der Waals surface area contributed by atoms with Gasteiger partial charge in [0.25, 0.3) is 0 Å². The van der Waals surface area contributed by atoms with Gasteiger partial charge in [-0.2, -0.15) is 0 Å². The maximum Gasteiger partial charge on any atom is 0.0556 e. The molecule has 1 rings (SSSR count). The fourth-order valence-electron chi connectivity index (χ4n) is 0.775. The lowest BCUT2D eigenvalue weighted by Crippen LogP contribution is -2.17. The summed E-state index contributed by atoms with van der Waals surface area (Å²) in [6, 6.07) is 1.89. The van der Waals surface area contributed by atoms with E-state index in [1.807, 2.05) is 11.4 Å². The van der Waals surface area contributed by atoms with Crippen LogP contribution in [0.5, 0.6) is 0 Å². The minimum atomic E-state index is 0.172. The molecule has 0 radical (unpaired) electrons. The highest BCUT2D eigenvalue weighted by atomic mass is 32.1. The van der Waals surface area contributed by atoms with E-state index in [0.29, 0.717) is 6.54 Å². The zero-order valence-electron chi connectivity index (χ0n) is 6.21. The average Bonchev–Trinajstić information content (AvgIpc) is 2.37. The first-order valence-corrected chi connectivity index (χ1v) is 4.36. The molecule has 4 heteroatoms. The molecule has 0 aliphatic carbocycles. The summed E-state index contributed by atoms with van der Waals surface area (Å²) in [7, 11) is 0. The number of rotatable bonds is 4. The summed E-state index contributed by atoms with van der Waals surface area (Å²) in [4.78, 5) is 1.14. The second-order valence-electron chi connectivity index (χ2n) is 2.20. The molecule has 1 aromatic heterocycles. The molecule has 62 valence electrons. The third-order valence-corrected chi connectivity index (χ3v) is 2.29. The summed E-state index contributed by atoms with van der Waals surface area (Å²) in [5.74, 6) is 0. The van der Waals surface area contributed by atoms with Crippen LogP contribution in [0.3, 0.4) is 0 Å². The predicted molar refractivity (Wildman–Crippen MR) is 47.5 cm³/mol. The quantitative estimate of drug-likeness (QED) is 0.577. The monoisotopic (exact) mass is 172 g/mol. The third-order valence-electron chi connectivity index (χ3n) is 1.35. The molecule has 1 aromatic rings. The summed E-state index contributed by atoms with van der Waals surface area (Å²) in [5.41, 5.74) is 6.46. The minimum absolute atomic E-state index is 0.172. The van der Waals surface area contributed by atoms with Crippen LogP contribution in [0.2, 0.25) is 0 Å². The predicted octanol–water partition coefficient (Wildman–Crippen LogP) is 0.412. The largest absolute Gasteiger partial charge is 0.398 e. The van der Waals surface area contributed by atoms with Crippen LogP contribution in [0.4, 0.5) is 5.69 Å². The van der Waals surface area contributed by atoms with Crippen LogP contribution in [0.25, 0.3) is 0 Å². The van der Waals surface area contributed by atoms with E-state index in [1.165, 1.54) is 0 Å². The summed E-state index contributed by atoms with van der Waals surface area (Å²) in [6.07, 6.45) is 0. The topological polar surface area (TPSA) is 58.3 Å². The highest BCUT2D eigenvalue weighted by Crippen LogP contribution is 2.17. The zero-order valence-corrected chi connectivity index (χ0v) is 7.03. The number of hydrogen-bond acceptors (Lipinski definition) is 4. The number of nitrogens with one attached hydrogen (secondary N) is 1. The molecule has 0 saturated heterocycles. The van der Waals surface area contributed by atoms with Gasteiger partial charge in [-0.3, -0.25) is 0 Å². The van der Waals surface area contributed by atoms with Crippen LogP contribution in [0.15, 0.2) is 11.4 Å². The third kappa shape index (κ3) is 2.49. The smallest absolute Gasteiger partial charge is 0.0556 e. The Morgan fingerprint density at radius 3 is 3.00 bits per heavy atom. The Kier molecular flexibility index (Phi) is 3.35. The van der Waals surface area contributed by atoms with Crippen molar-refractivity contribution in [2.24, 2.45) is 0 Å². The maximum absolute atomic E-state index is 8.47. The Hall–Kier alpha value is -0.580. The van der Waals surface area contributed by atoms with Crippen molar-refractivity contribution < 1.29 is 5.11 Å². The molecule has 0 aliphatic rings. The Morgan fingerprint density at radius 2 is 2.45 bits per heavy atom. The van der Waals surface area contributed by atoms with E-state index in [0.717, 1.165) is 17.1 Å². The van der Waals surface area contributed by atoms with Crippen molar-refractivity contribution in [3.8, 4) is 0 Å². The van der Waals surface area contributed by atoms with Crippen LogP contribution in [0, 0.1) is 0 Å². The Balaban J connectivity index is 2.32. The van der Waals surface area contributed by atoms with Gasteiger partial charge in [-0.05, 0) is 11.4 Å². The van der Waals surface area contributed by atoms with E-state index >= 15 is 0 Å². The highest BCUT2D eigenvalue weighted by Gasteiger charge is 1.97. The number of hydrogen-bond donors (Lipinski definition) is 3. The molecule has 0 fully saturated rings. The summed E-state index contributed by atoms with van der Waals surface area (Å²) < 4.78 is 0. The first kappa shape index (κ1) is 8.52. The maximum atomic E-state index is 8.47. The van der Waals surface area contributed by atoms with Crippen molar-refractivity contribution in [1.82, 2.24) is 5.32 Å². The van der Waals surface area contributed by atoms with Gasteiger partial charge in [0.15, 0.2) is 0 Å². The van der Waals surface area contributed by atoms with Gasteiger partial charge in [0.05, 0.1) is 6.61 Å². The second kappa shape index (κ2) is 4.33. The number of nitrogens with two attached hydrogens (primary N) is 1. The molecular formula is C7H12N2OS. The van der Waals surface area contributed by atoms with Crippen LogP contribution < -0.4 is 11.1 Å². The molecule has 4 N–H and O–H groups in total. The lowest BCUT2D eigenvalue weighted by molar-refractivity contribution is 0.292. The zero-order chi connectivity index (χ0) is 8.10. The number of thiophene rings is 1. The lowest BCUT2D eigenvalue weighted by Gasteiger charge is -2.00. The Labute approximate surface area is 69.9 Å². The summed E-state index contributed by atoms with van der Waals surface area (Å²) >= 11 is 1.63. The van der Waals surface area contributed by atoms with Crippen LogP contribution >= 0.6 is 11.3 Å². The molecule has 3 nitrogen and oxygen atoms in total. The van der Waals surface area contributed by atoms with Gasteiger partial charge in [-0.15, -0.1) is 11.3 Å². The molecular weight excluding hydrogens is 160 g/mol. The normalized spacial score (nSPS) is 10.3. The first-order valence-electron chi connectivity index (χ1n) is 3.48. The van der Waals surface area contributed by atoms with Crippen LogP contribution in [0.1, 0.15) is 4.88 Å². The van der Waals surface area contributed by atoms with Crippen molar-refractivity contribution in [1.29, 1.82) is 0 Å². The first-order chi connectivity index (χ1) is 5.34. The van der Waals surface area contributed by atoms with E-state index < -0.39 is 0 Å². The molecule has 0 atom stereocenters. The van der Waals surface area contributed by atoms with Gasteiger partial charge in [0, 0.05) is 23.7 Å². The molecule has 1 heterocycles. The van der Waals surface area contributed by atoms with E-state index in [9.17, 15) is 0 Å². The van der Waals surface area contributed by atoms with Crippen LogP contribution in [-0.4, -0.2) is 18.3 Å². The van der Waals surface area contributed by atoms with Gasteiger partial charge in [0.2, 0.25) is 0 Å². The Bertz CT molecular complexity index is 212. The van der Waals surface area contributed by atoms with Crippen molar-refractivity contribution in [3.05, 3.63) is 16.3 Å². The lowest BCUT2D eigenvalue weighted by atomic mass is 10.4. The van der Waals surface area contributed by atoms with Gasteiger partial charge in [-0.25, -0.2) is 0 Å². The molecule has 0 saturated carbocycles. The highest BCUT2D eigenvalue weighted by molar-refractivity contribution is 7.10. The molecule has 0 amide bonds. The summed E-state index contributed by atoms with van der Waals surface area (Å²) in [5, 5.41) is 13.5. The fraction of sp³-hybridized carbons (Fsp3) is 0.429. The summed E-state index contributed by atoms with van der Waals surface area (Å²) in [6.45, 7) is 1.55. The van der Waals surface area contributed by atoms with Crippen molar-refractivity contribution >= 4 is 17.0 Å². The molecule has 0 aliphatic heterocycles. The van der Waals surface area contributed by atoms with Gasteiger partial charge in [0.1, 0.15) is 0 Å². The SMILES string of the molecule is Nc1ccsc1CNCCO. The molecule has 0 spiro atoms. The van der Waals surface area contributed by atoms with Crippen molar-refractivity contribution in [3.63, 3.8) is 0 Å². The van der Waals surface area contributed by atoms with Gasteiger partial charge < -0.3 is 16.2 Å². The average molecular weight is 172 g/mol. The number of nitrogen functional groups attached to an aromatic ring is 1. The standard InChI is InChI=1S/C7H12N2OS/c8-6-1-4-11-7(6)5-9-2-3-10/h1,4,9-10H,2-3,5,8H2. The second-order valence-corrected chi connectivity index (χ2v) is 3.20. The number of aliphatic hydroxyl groups excluding tert-OH is 1. The number of aliphatic hydroxyl groups is 1. The van der Waals surface area contributed by atoms with E-state index in [2.05, 4.69) is 5.32 Å². The van der Waals surface area contributed by atoms with E-state index in [1.54, 1.807) is 11.3 Å². The van der Waals surface area contributed by atoms with Crippen molar-refractivity contribution in [2.45, 2.75) is 6.54 Å². The molecule has 11 heavy (non-hydrogen) atoms. The molecule has 0 bridgehead atoms. The minimum Gasteiger partial charge on any atom is -0.398 e. The van der Waals surface area contributed by atoms with E-state index in [4.69, 9.17) is 10.8 Å². The van der Waals surface area contributed by atoms with E-state index in [-0.39, 0.29) is 6.61 Å². The molecule has 0 unspecified atom stereocenters. The Morgan fingerprint density at radius 1 is 1.64 bits per heavy atom. The number of anilines is 1. The van der Waals surface area contributed by atoms with Crippen molar-refractivity contribution in [2.75, 3.05) is 18.9 Å².